The van der Waals surface area contributed by atoms with E-state index in [1.54, 1.807) is 17.5 Å². The van der Waals surface area contributed by atoms with E-state index in [0.717, 1.165) is 27.1 Å². The van der Waals surface area contributed by atoms with Gasteiger partial charge in [0.25, 0.3) is 0 Å². The van der Waals surface area contributed by atoms with Gasteiger partial charge in [-0.3, -0.25) is 0 Å². The summed E-state index contributed by atoms with van der Waals surface area (Å²) in [6.45, 7) is 1.97. The number of hydrogen-bond acceptors (Lipinski definition) is 6. The summed E-state index contributed by atoms with van der Waals surface area (Å²) in [5.41, 5.74) is 2.64. The average molecular weight is 332 g/mol. The monoisotopic (exact) mass is 331 g/mol. The second-order valence-corrected chi connectivity index (χ2v) is 6.02. The van der Waals surface area contributed by atoms with Crippen molar-refractivity contribution in [2.24, 2.45) is 0 Å². The van der Waals surface area contributed by atoms with E-state index in [9.17, 15) is 0 Å². The van der Waals surface area contributed by atoms with Crippen LogP contribution in [0.3, 0.4) is 0 Å². The van der Waals surface area contributed by atoms with Crippen LogP contribution in [0.15, 0.2) is 36.5 Å². The normalized spacial score (nSPS) is 10.5. The van der Waals surface area contributed by atoms with Crippen LogP contribution in [-0.4, -0.2) is 22.0 Å². The maximum atomic E-state index is 5.98. The minimum atomic E-state index is 0.526. The molecule has 2 heterocycles. The van der Waals surface area contributed by atoms with Gasteiger partial charge in [0.05, 0.1) is 16.3 Å². The largest absolute Gasteiger partial charge is 0.365 e. The van der Waals surface area contributed by atoms with Crippen molar-refractivity contribution in [1.82, 2.24) is 15.0 Å². The Morgan fingerprint density at radius 1 is 1.18 bits per heavy atom. The molecule has 112 valence electrons. The lowest BCUT2D eigenvalue weighted by Crippen LogP contribution is -1.97. The van der Waals surface area contributed by atoms with Crippen LogP contribution in [0.2, 0.25) is 5.02 Å². The van der Waals surface area contributed by atoms with Crippen LogP contribution in [0.1, 0.15) is 5.69 Å². The number of hydrogen-bond donors (Lipinski definition) is 2. The number of thiazole rings is 1. The van der Waals surface area contributed by atoms with Gasteiger partial charge in [0.2, 0.25) is 5.95 Å². The number of nitrogens with one attached hydrogen (secondary N) is 2. The molecule has 0 aliphatic rings. The van der Waals surface area contributed by atoms with Gasteiger partial charge in [0.15, 0.2) is 5.13 Å². The average Bonchev–Trinajstić information content (AvgIpc) is 2.89. The molecule has 0 aliphatic carbocycles. The minimum Gasteiger partial charge on any atom is -0.365 e. The highest BCUT2D eigenvalue weighted by Crippen LogP contribution is 2.31. The molecule has 2 aromatic heterocycles. The zero-order chi connectivity index (χ0) is 15.5. The number of halogens is 1. The van der Waals surface area contributed by atoms with Crippen molar-refractivity contribution < 1.29 is 0 Å². The zero-order valence-corrected chi connectivity index (χ0v) is 13.7. The van der Waals surface area contributed by atoms with Gasteiger partial charge in [-0.05, 0) is 31.2 Å². The highest BCUT2D eigenvalue weighted by molar-refractivity contribution is 7.19. The van der Waals surface area contributed by atoms with Crippen LogP contribution < -0.4 is 10.6 Å². The van der Waals surface area contributed by atoms with Crippen molar-refractivity contribution in [1.29, 1.82) is 0 Å². The molecule has 0 amide bonds. The van der Waals surface area contributed by atoms with Gasteiger partial charge in [0, 0.05) is 24.0 Å². The van der Waals surface area contributed by atoms with Crippen molar-refractivity contribution in [3.63, 3.8) is 0 Å². The van der Waals surface area contributed by atoms with Gasteiger partial charge in [-0.15, -0.1) is 0 Å². The fourth-order valence-corrected chi connectivity index (χ4v) is 3.06. The predicted molar refractivity (Wildman–Crippen MR) is 92.2 cm³/mol. The van der Waals surface area contributed by atoms with Gasteiger partial charge in [-0.2, -0.15) is 0 Å². The molecule has 0 fully saturated rings. The van der Waals surface area contributed by atoms with E-state index in [1.807, 2.05) is 44.3 Å². The lowest BCUT2D eigenvalue weighted by molar-refractivity contribution is 1.16. The summed E-state index contributed by atoms with van der Waals surface area (Å²) >= 11 is 7.55. The molecular formula is C15H14ClN5S. The van der Waals surface area contributed by atoms with Crippen molar-refractivity contribution in [2.75, 3.05) is 17.7 Å². The second-order valence-electron chi connectivity index (χ2n) is 4.58. The Labute approximate surface area is 137 Å². The number of rotatable bonds is 4. The number of benzene rings is 1. The summed E-state index contributed by atoms with van der Waals surface area (Å²) in [4.78, 5) is 14.3. The highest BCUT2D eigenvalue weighted by Gasteiger charge is 2.11. The number of aromatic nitrogens is 3. The van der Waals surface area contributed by atoms with Crippen LogP contribution in [0.5, 0.6) is 0 Å². The number of anilines is 3. The van der Waals surface area contributed by atoms with E-state index in [1.165, 1.54) is 0 Å². The first-order chi connectivity index (χ1) is 10.7. The fourth-order valence-electron chi connectivity index (χ4n) is 1.98. The smallest absolute Gasteiger partial charge is 0.227 e. The first-order valence-electron chi connectivity index (χ1n) is 6.67. The van der Waals surface area contributed by atoms with E-state index in [4.69, 9.17) is 11.6 Å². The van der Waals surface area contributed by atoms with E-state index in [-0.39, 0.29) is 0 Å². The van der Waals surface area contributed by atoms with Crippen LogP contribution in [0.4, 0.5) is 16.8 Å². The number of aryl methyl sites for hydroxylation is 1. The Kier molecular flexibility index (Phi) is 4.22. The maximum Gasteiger partial charge on any atom is 0.227 e. The molecule has 0 spiro atoms. The minimum absolute atomic E-state index is 0.526. The van der Waals surface area contributed by atoms with Gasteiger partial charge in [0.1, 0.15) is 0 Å². The molecular weight excluding hydrogens is 318 g/mol. The summed E-state index contributed by atoms with van der Waals surface area (Å²) in [7, 11) is 1.86. The standard InChI is InChI=1S/C15H14ClN5S/c1-9-13(22-15(17-2)19-9)12-6-7-18-14(21-12)20-11-5-3-4-10(16)8-11/h3-8H,1-2H3,(H,17,19)(H,18,20,21). The lowest BCUT2D eigenvalue weighted by atomic mass is 10.3. The third-order valence-corrected chi connectivity index (χ3v) is 4.41. The molecule has 0 radical (unpaired) electrons. The van der Waals surface area contributed by atoms with E-state index in [2.05, 4.69) is 25.6 Å². The summed E-state index contributed by atoms with van der Waals surface area (Å²) in [5.74, 6) is 0.526. The Bertz CT molecular complexity index is 802. The summed E-state index contributed by atoms with van der Waals surface area (Å²) in [6, 6.07) is 9.32. The van der Waals surface area contributed by atoms with Crippen LogP contribution in [-0.2, 0) is 0 Å². The molecule has 2 N–H and O–H groups in total. The van der Waals surface area contributed by atoms with E-state index in [0.29, 0.717) is 11.0 Å². The summed E-state index contributed by atoms with van der Waals surface area (Å²) in [5, 5.41) is 7.75. The summed E-state index contributed by atoms with van der Waals surface area (Å²) in [6.07, 6.45) is 1.73. The molecule has 3 rings (SSSR count). The SMILES string of the molecule is CNc1nc(C)c(-c2ccnc(Nc3cccc(Cl)c3)n2)s1. The topological polar surface area (TPSA) is 62.7 Å². The molecule has 0 saturated heterocycles. The maximum absolute atomic E-state index is 5.98. The molecule has 0 unspecified atom stereocenters. The van der Waals surface area contributed by atoms with Crippen molar-refractivity contribution in [3.8, 4) is 10.6 Å². The third kappa shape index (κ3) is 3.18. The lowest BCUT2D eigenvalue weighted by Gasteiger charge is -2.06. The predicted octanol–water partition coefficient (Wildman–Crippen LogP) is 4.35. The Morgan fingerprint density at radius 2 is 2.05 bits per heavy atom. The Morgan fingerprint density at radius 3 is 2.77 bits per heavy atom. The molecule has 1 aromatic carbocycles. The Balaban J connectivity index is 1.90. The summed E-state index contributed by atoms with van der Waals surface area (Å²) < 4.78 is 0. The van der Waals surface area contributed by atoms with Crippen molar-refractivity contribution >= 4 is 39.7 Å². The van der Waals surface area contributed by atoms with Gasteiger partial charge < -0.3 is 10.6 Å². The molecule has 0 aliphatic heterocycles. The van der Waals surface area contributed by atoms with E-state index >= 15 is 0 Å². The highest BCUT2D eigenvalue weighted by atomic mass is 35.5. The first kappa shape index (κ1) is 14.7. The van der Waals surface area contributed by atoms with Gasteiger partial charge in [-0.1, -0.05) is 29.0 Å². The molecule has 0 bridgehead atoms. The molecule has 0 saturated carbocycles. The van der Waals surface area contributed by atoms with Crippen molar-refractivity contribution in [2.45, 2.75) is 6.92 Å². The van der Waals surface area contributed by atoms with Gasteiger partial charge >= 0.3 is 0 Å². The van der Waals surface area contributed by atoms with Gasteiger partial charge in [-0.25, -0.2) is 15.0 Å². The quantitative estimate of drug-likeness (QED) is 0.744. The van der Waals surface area contributed by atoms with Crippen LogP contribution in [0, 0.1) is 6.92 Å². The first-order valence-corrected chi connectivity index (χ1v) is 7.86. The zero-order valence-electron chi connectivity index (χ0n) is 12.1. The number of nitrogens with zero attached hydrogens (tertiary/aromatic N) is 3. The second kappa shape index (κ2) is 6.29. The van der Waals surface area contributed by atoms with Crippen LogP contribution >= 0.6 is 22.9 Å². The molecule has 3 aromatic rings. The molecule has 5 nitrogen and oxygen atoms in total. The Hall–Kier alpha value is -2.18. The van der Waals surface area contributed by atoms with E-state index < -0.39 is 0 Å². The van der Waals surface area contributed by atoms with Crippen LogP contribution in [0.25, 0.3) is 10.6 Å². The third-order valence-electron chi connectivity index (χ3n) is 2.98. The van der Waals surface area contributed by atoms with Crippen molar-refractivity contribution in [3.05, 3.63) is 47.2 Å². The fraction of sp³-hybridized carbons (Fsp3) is 0.133. The molecule has 22 heavy (non-hydrogen) atoms. The molecule has 0 atom stereocenters. The molecule has 7 heteroatoms.